The number of hydrogen-bond acceptors (Lipinski definition) is 3. The molecule has 0 aliphatic heterocycles. The summed E-state index contributed by atoms with van der Waals surface area (Å²) in [5.41, 5.74) is -0.292. The van der Waals surface area contributed by atoms with Gasteiger partial charge in [0, 0.05) is 6.54 Å². The number of carboxylic acids is 1. The molecule has 0 aliphatic carbocycles. The monoisotopic (exact) mass is 275 g/mol. The highest BCUT2D eigenvalue weighted by Crippen LogP contribution is 2.16. The minimum atomic E-state index is -3.92. The number of hydrogen-bond donors (Lipinski definition) is 2. The molecule has 100 valence electrons. The molecule has 0 saturated heterocycles. The summed E-state index contributed by atoms with van der Waals surface area (Å²) in [7, 11) is -3.92. The number of carbonyl (C=O) groups is 1. The fourth-order valence-electron chi connectivity index (χ4n) is 1.31. The van der Waals surface area contributed by atoms with Crippen LogP contribution in [0.1, 0.15) is 30.1 Å². The highest BCUT2D eigenvalue weighted by molar-refractivity contribution is 7.89. The predicted octanol–water partition coefficient (Wildman–Crippen LogP) is 1.60. The molecule has 0 fully saturated rings. The first-order valence-corrected chi connectivity index (χ1v) is 6.89. The molecule has 0 atom stereocenters. The van der Waals surface area contributed by atoms with Crippen molar-refractivity contribution < 1.29 is 22.7 Å². The zero-order valence-corrected chi connectivity index (χ0v) is 10.6. The molecule has 1 aromatic carbocycles. The van der Waals surface area contributed by atoms with Crippen LogP contribution in [-0.2, 0) is 10.0 Å². The fraction of sp³-hybridized carbons (Fsp3) is 0.364. The van der Waals surface area contributed by atoms with E-state index in [2.05, 4.69) is 4.72 Å². The smallest absolute Gasteiger partial charge is 0.335 e. The molecule has 0 bridgehead atoms. The van der Waals surface area contributed by atoms with Crippen LogP contribution in [0.5, 0.6) is 0 Å². The Bertz CT molecular complexity index is 542. The molecule has 1 rings (SSSR count). The fourth-order valence-corrected chi connectivity index (χ4v) is 2.44. The van der Waals surface area contributed by atoms with E-state index in [-0.39, 0.29) is 12.1 Å². The average Bonchev–Trinajstić information content (AvgIpc) is 2.28. The number of aromatic carboxylic acids is 1. The number of carboxylic acid groups (broad SMARTS) is 1. The molecular formula is C11H14FNO4S. The number of halogens is 1. The third-order valence-electron chi connectivity index (χ3n) is 2.29. The lowest BCUT2D eigenvalue weighted by Crippen LogP contribution is -2.25. The summed E-state index contributed by atoms with van der Waals surface area (Å²) in [5.74, 6) is -2.38. The molecule has 0 saturated carbocycles. The summed E-state index contributed by atoms with van der Waals surface area (Å²) in [6.45, 7) is 2.12. The van der Waals surface area contributed by atoms with Gasteiger partial charge in [-0.25, -0.2) is 22.3 Å². The molecule has 7 heteroatoms. The van der Waals surface area contributed by atoms with E-state index in [1.54, 1.807) is 0 Å². The van der Waals surface area contributed by atoms with E-state index in [4.69, 9.17) is 5.11 Å². The van der Waals surface area contributed by atoms with E-state index < -0.39 is 26.7 Å². The van der Waals surface area contributed by atoms with Crippen LogP contribution in [0.25, 0.3) is 0 Å². The summed E-state index contributed by atoms with van der Waals surface area (Å²) in [4.78, 5) is 10.1. The molecule has 0 spiro atoms. The van der Waals surface area contributed by atoms with Gasteiger partial charge in [-0.2, -0.15) is 0 Å². The second-order valence-electron chi connectivity index (χ2n) is 3.70. The summed E-state index contributed by atoms with van der Waals surface area (Å²) in [6.07, 6.45) is 1.46. The van der Waals surface area contributed by atoms with Gasteiger partial charge in [0.05, 0.1) is 5.56 Å². The lowest BCUT2D eigenvalue weighted by atomic mass is 10.2. The van der Waals surface area contributed by atoms with Crippen LogP contribution in [0, 0.1) is 5.82 Å². The zero-order chi connectivity index (χ0) is 13.8. The van der Waals surface area contributed by atoms with Gasteiger partial charge in [0.15, 0.2) is 0 Å². The van der Waals surface area contributed by atoms with Gasteiger partial charge in [0.25, 0.3) is 0 Å². The molecule has 0 aliphatic rings. The third kappa shape index (κ3) is 3.51. The maximum atomic E-state index is 13.5. The number of rotatable bonds is 6. The van der Waals surface area contributed by atoms with Crippen LogP contribution in [0.2, 0.25) is 0 Å². The van der Waals surface area contributed by atoms with Crippen molar-refractivity contribution in [3.63, 3.8) is 0 Å². The number of unbranched alkanes of at least 4 members (excludes halogenated alkanes) is 1. The summed E-state index contributed by atoms with van der Waals surface area (Å²) < 4.78 is 39.2. The quantitative estimate of drug-likeness (QED) is 0.772. The molecule has 0 amide bonds. The van der Waals surface area contributed by atoms with E-state index in [1.807, 2.05) is 6.92 Å². The molecular weight excluding hydrogens is 261 g/mol. The Hall–Kier alpha value is -1.47. The second-order valence-corrected chi connectivity index (χ2v) is 5.44. The van der Waals surface area contributed by atoms with Crippen molar-refractivity contribution in [1.82, 2.24) is 4.72 Å². The van der Waals surface area contributed by atoms with Crippen LogP contribution < -0.4 is 4.72 Å². The minimum Gasteiger partial charge on any atom is -0.478 e. The van der Waals surface area contributed by atoms with Crippen LogP contribution in [-0.4, -0.2) is 26.0 Å². The van der Waals surface area contributed by atoms with E-state index in [9.17, 15) is 17.6 Å². The SMILES string of the molecule is CCCCNS(=O)(=O)c1ccc(C(=O)O)cc1F. The van der Waals surface area contributed by atoms with Crippen molar-refractivity contribution in [1.29, 1.82) is 0 Å². The number of sulfonamides is 1. The average molecular weight is 275 g/mol. The first kappa shape index (κ1) is 14.6. The molecule has 2 N–H and O–H groups in total. The molecule has 0 radical (unpaired) electrons. The standard InChI is InChI=1S/C11H14FNO4S/c1-2-3-6-13-18(16,17)10-5-4-8(11(14)15)7-9(10)12/h4-5,7,13H,2-3,6H2,1H3,(H,14,15). The van der Waals surface area contributed by atoms with Crippen LogP contribution in [0.15, 0.2) is 23.1 Å². The Labute approximate surface area is 105 Å². The van der Waals surface area contributed by atoms with E-state index >= 15 is 0 Å². The van der Waals surface area contributed by atoms with E-state index in [1.165, 1.54) is 0 Å². The van der Waals surface area contributed by atoms with Gasteiger partial charge in [-0.05, 0) is 24.6 Å². The summed E-state index contributed by atoms with van der Waals surface area (Å²) in [6, 6.07) is 2.70. The van der Waals surface area contributed by atoms with Crippen molar-refractivity contribution >= 4 is 16.0 Å². The Morgan fingerprint density at radius 2 is 2.11 bits per heavy atom. The van der Waals surface area contributed by atoms with Crippen LogP contribution >= 0.6 is 0 Å². The molecule has 1 aromatic rings. The lowest BCUT2D eigenvalue weighted by molar-refractivity contribution is 0.0696. The normalized spacial score (nSPS) is 11.4. The predicted molar refractivity (Wildman–Crippen MR) is 63.5 cm³/mol. The van der Waals surface area contributed by atoms with E-state index in [0.29, 0.717) is 12.5 Å². The highest BCUT2D eigenvalue weighted by atomic mass is 32.2. The van der Waals surface area contributed by atoms with Gasteiger partial charge >= 0.3 is 5.97 Å². The maximum Gasteiger partial charge on any atom is 0.335 e. The minimum absolute atomic E-state index is 0.221. The van der Waals surface area contributed by atoms with Gasteiger partial charge in [-0.15, -0.1) is 0 Å². The van der Waals surface area contributed by atoms with Crippen LogP contribution in [0.4, 0.5) is 4.39 Å². The zero-order valence-electron chi connectivity index (χ0n) is 9.81. The van der Waals surface area contributed by atoms with Gasteiger partial charge in [0.2, 0.25) is 10.0 Å². The van der Waals surface area contributed by atoms with Crippen molar-refractivity contribution in [3.05, 3.63) is 29.6 Å². The molecule has 0 aromatic heterocycles. The molecule has 0 heterocycles. The van der Waals surface area contributed by atoms with Crippen molar-refractivity contribution in [2.45, 2.75) is 24.7 Å². The Kier molecular flexibility index (Phi) is 4.80. The van der Waals surface area contributed by atoms with Crippen molar-refractivity contribution in [3.8, 4) is 0 Å². The number of nitrogens with one attached hydrogen (secondary N) is 1. The summed E-state index contributed by atoms with van der Waals surface area (Å²) in [5, 5.41) is 8.64. The molecule has 0 unspecified atom stereocenters. The largest absolute Gasteiger partial charge is 0.478 e. The first-order valence-electron chi connectivity index (χ1n) is 5.41. The maximum absolute atomic E-state index is 13.5. The Morgan fingerprint density at radius 1 is 1.44 bits per heavy atom. The summed E-state index contributed by atoms with van der Waals surface area (Å²) >= 11 is 0. The van der Waals surface area contributed by atoms with E-state index in [0.717, 1.165) is 18.6 Å². The van der Waals surface area contributed by atoms with Gasteiger partial charge in [-0.3, -0.25) is 0 Å². The Balaban J connectivity index is 2.99. The van der Waals surface area contributed by atoms with Gasteiger partial charge < -0.3 is 5.11 Å². The third-order valence-corrected chi connectivity index (χ3v) is 3.79. The molecule has 18 heavy (non-hydrogen) atoms. The van der Waals surface area contributed by atoms with Gasteiger partial charge in [0.1, 0.15) is 10.7 Å². The highest BCUT2D eigenvalue weighted by Gasteiger charge is 2.19. The number of benzene rings is 1. The van der Waals surface area contributed by atoms with Gasteiger partial charge in [-0.1, -0.05) is 13.3 Å². The first-order chi connectivity index (χ1) is 8.38. The van der Waals surface area contributed by atoms with Crippen molar-refractivity contribution in [2.75, 3.05) is 6.54 Å². The topological polar surface area (TPSA) is 83.5 Å². The molecule has 5 nitrogen and oxygen atoms in total. The van der Waals surface area contributed by atoms with Crippen LogP contribution in [0.3, 0.4) is 0 Å². The second kappa shape index (κ2) is 5.92. The Morgan fingerprint density at radius 3 is 2.61 bits per heavy atom. The van der Waals surface area contributed by atoms with Crippen molar-refractivity contribution in [2.24, 2.45) is 0 Å². The lowest BCUT2D eigenvalue weighted by Gasteiger charge is -2.07.